The van der Waals surface area contributed by atoms with E-state index < -0.39 is 0 Å². The molecule has 41 heavy (non-hydrogen) atoms. The average molecular weight is 615 g/mol. The van der Waals surface area contributed by atoms with Crippen molar-refractivity contribution in [3.05, 3.63) is 107 Å². The predicted octanol–water partition coefficient (Wildman–Crippen LogP) is 13.4. The summed E-state index contributed by atoms with van der Waals surface area (Å²) in [5.74, 6) is 0. The highest BCUT2D eigenvalue weighted by molar-refractivity contribution is 7.27. The van der Waals surface area contributed by atoms with Gasteiger partial charge in [0.05, 0.1) is 0 Å². The molecule has 5 heterocycles. The lowest BCUT2D eigenvalue weighted by molar-refractivity contribution is 1.66. The molecule has 5 heteroatoms. The molecule has 0 unspecified atom stereocenters. The van der Waals surface area contributed by atoms with Crippen molar-refractivity contribution in [1.29, 1.82) is 0 Å². The van der Waals surface area contributed by atoms with Crippen molar-refractivity contribution in [2.75, 3.05) is 0 Å². The molecular weight excluding hydrogens is 593 g/mol. The van der Waals surface area contributed by atoms with E-state index in [9.17, 15) is 0 Å². The van der Waals surface area contributed by atoms with Crippen LogP contribution in [-0.4, -0.2) is 0 Å². The highest BCUT2D eigenvalue weighted by Crippen LogP contribution is 2.44. The molecule has 0 atom stereocenters. The molecule has 5 aromatic heterocycles. The molecule has 9 aromatic rings. The SMILES string of the molecule is Cc1cc2c(ccc3sc(-c4ccc5cc(-c6ccc(-c7cc8c(ccc9sc(C)cc98)s7)s6)ccc5c4)cc32)s1. The maximum atomic E-state index is 2.39. The Hall–Kier alpha value is -3.32. The smallest absolute Gasteiger partial charge is 0.0455 e. The van der Waals surface area contributed by atoms with Gasteiger partial charge in [-0.25, -0.2) is 0 Å². The Bertz CT molecular complexity index is 2450. The van der Waals surface area contributed by atoms with E-state index in [0.29, 0.717) is 0 Å². The number of benzene rings is 4. The predicted molar refractivity (Wildman–Crippen MR) is 189 cm³/mol. The van der Waals surface area contributed by atoms with Gasteiger partial charge in [-0.3, -0.25) is 0 Å². The summed E-state index contributed by atoms with van der Waals surface area (Å²) in [6.45, 7) is 4.40. The van der Waals surface area contributed by atoms with Crippen LogP contribution in [-0.2, 0) is 0 Å². The van der Waals surface area contributed by atoms with Crippen molar-refractivity contribution in [2.45, 2.75) is 13.8 Å². The lowest BCUT2D eigenvalue weighted by Gasteiger charge is -2.04. The van der Waals surface area contributed by atoms with Gasteiger partial charge in [0.15, 0.2) is 0 Å². The summed E-state index contributed by atoms with van der Waals surface area (Å²) in [7, 11) is 0. The van der Waals surface area contributed by atoms with Gasteiger partial charge in [-0.15, -0.1) is 56.7 Å². The van der Waals surface area contributed by atoms with Crippen LogP contribution in [0.15, 0.2) is 97.1 Å². The fraction of sp³-hybridized carbons (Fsp3) is 0.0556. The molecule has 0 bridgehead atoms. The zero-order valence-corrected chi connectivity index (χ0v) is 26.4. The number of hydrogen-bond donors (Lipinski definition) is 0. The van der Waals surface area contributed by atoms with E-state index in [4.69, 9.17) is 0 Å². The number of rotatable bonds is 3. The van der Waals surface area contributed by atoms with Gasteiger partial charge in [0, 0.05) is 69.6 Å². The molecule has 4 aromatic carbocycles. The van der Waals surface area contributed by atoms with Crippen molar-refractivity contribution in [3.63, 3.8) is 0 Å². The van der Waals surface area contributed by atoms with E-state index in [0.717, 1.165) is 0 Å². The third kappa shape index (κ3) is 3.95. The summed E-state index contributed by atoms with van der Waals surface area (Å²) in [5.41, 5.74) is 2.58. The maximum absolute atomic E-state index is 2.39. The topological polar surface area (TPSA) is 0 Å². The minimum atomic E-state index is 1.29. The molecule has 0 amide bonds. The van der Waals surface area contributed by atoms with Crippen LogP contribution in [0.1, 0.15) is 9.75 Å². The number of aryl methyl sites for hydroxylation is 2. The van der Waals surface area contributed by atoms with Crippen LogP contribution in [0, 0.1) is 13.8 Å². The first-order valence-electron chi connectivity index (χ1n) is 13.6. The highest BCUT2D eigenvalue weighted by Gasteiger charge is 2.13. The van der Waals surface area contributed by atoms with E-state index in [1.807, 2.05) is 56.7 Å². The van der Waals surface area contributed by atoms with Gasteiger partial charge in [0.1, 0.15) is 0 Å². The van der Waals surface area contributed by atoms with Crippen LogP contribution in [0.3, 0.4) is 0 Å². The lowest BCUT2D eigenvalue weighted by atomic mass is 10.0. The van der Waals surface area contributed by atoms with Crippen molar-refractivity contribution in [3.8, 4) is 30.6 Å². The molecular formula is C36H22S5. The first-order chi connectivity index (χ1) is 20.1. The Labute approximate surface area is 257 Å². The van der Waals surface area contributed by atoms with Crippen LogP contribution >= 0.6 is 56.7 Å². The minimum absolute atomic E-state index is 1.29. The monoisotopic (exact) mass is 614 g/mol. The molecule has 0 saturated carbocycles. The molecule has 0 N–H and O–H groups in total. The fourth-order valence-corrected chi connectivity index (χ4v) is 11.1. The van der Waals surface area contributed by atoms with Crippen molar-refractivity contribution < 1.29 is 0 Å². The Morgan fingerprint density at radius 1 is 0.341 bits per heavy atom. The number of fused-ring (bicyclic) bond motifs is 7. The zero-order valence-electron chi connectivity index (χ0n) is 22.3. The van der Waals surface area contributed by atoms with Gasteiger partial charge in [0.2, 0.25) is 0 Å². The van der Waals surface area contributed by atoms with Crippen molar-refractivity contribution >= 4 is 108 Å². The number of thiophene rings is 5. The number of hydrogen-bond acceptors (Lipinski definition) is 5. The molecule has 0 aliphatic rings. The Balaban J connectivity index is 1.06. The van der Waals surface area contributed by atoms with Crippen LogP contribution in [0.4, 0.5) is 0 Å². The quantitative estimate of drug-likeness (QED) is 0.186. The molecule has 0 aliphatic carbocycles. The van der Waals surface area contributed by atoms with Crippen LogP contribution in [0.5, 0.6) is 0 Å². The summed E-state index contributed by atoms with van der Waals surface area (Å²) >= 11 is 9.46. The van der Waals surface area contributed by atoms with E-state index in [2.05, 4.69) is 111 Å². The van der Waals surface area contributed by atoms with E-state index in [-0.39, 0.29) is 0 Å². The molecule has 0 fully saturated rings. The molecule has 0 nitrogen and oxygen atoms in total. The second-order valence-electron chi connectivity index (χ2n) is 10.7. The summed E-state index contributed by atoms with van der Waals surface area (Å²) in [6.07, 6.45) is 0. The van der Waals surface area contributed by atoms with Gasteiger partial charge in [-0.1, -0.05) is 24.3 Å². The minimum Gasteiger partial charge on any atom is -0.141 e. The van der Waals surface area contributed by atoms with E-state index in [1.54, 1.807) is 0 Å². The Morgan fingerprint density at radius 3 is 1.41 bits per heavy atom. The Kier molecular flexibility index (Phi) is 5.39. The van der Waals surface area contributed by atoms with Gasteiger partial charge < -0.3 is 0 Å². The fourth-order valence-electron chi connectivity index (χ4n) is 5.96. The molecule has 0 radical (unpaired) electrons. The van der Waals surface area contributed by atoms with Crippen LogP contribution < -0.4 is 0 Å². The van der Waals surface area contributed by atoms with Crippen LogP contribution in [0.25, 0.3) is 81.8 Å². The summed E-state index contributed by atoms with van der Waals surface area (Å²) in [4.78, 5) is 8.11. The summed E-state index contributed by atoms with van der Waals surface area (Å²) in [6, 6.07) is 37.0. The summed E-state index contributed by atoms with van der Waals surface area (Å²) < 4.78 is 5.50. The second kappa shape index (κ2) is 9.09. The average Bonchev–Trinajstić information content (AvgIpc) is 3.79. The lowest BCUT2D eigenvalue weighted by Crippen LogP contribution is -1.78. The molecule has 9 rings (SSSR count). The largest absolute Gasteiger partial charge is 0.141 e. The standard InChI is InChI=1S/C36H22S5/c1-19-13-25-27-17-35(40-32(27)10-8-30(25)37-19)24-6-4-21-15-23(5-3-22(21)16-24)29-7-12-34(39-29)36-18-28-26-14-20(2)38-31(26)9-11-33(28)41-36/h3-18H,1-2H3. The second-order valence-corrected chi connectivity index (χ2v) is 16.5. The van der Waals surface area contributed by atoms with E-state index in [1.165, 1.54) is 91.5 Å². The normalized spacial score (nSPS) is 12.1. The van der Waals surface area contributed by atoms with Gasteiger partial charge in [-0.2, -0.15) is 0 Å². The van der Waals surface area contributed by atoms with Gasteiger partial charge in [0.25, 0.3) is 0 Å². The Morgan fingerprint density at radius 2 is 0.805 bits per heavy atom. The third-order valence-electron chi connectivity index (χ3n) is 7.90. The first-order valence-corrected chi connectivity index (χ1v) is 17.6. The van der Waals surface area contributed by atoms with E-state index >= 15 is 0 Å². The van der Waals surface area contributed by atoms with Crippen LogP contribution in [0.2, 0.25) is 0 Å². The molecule has 0 saturated heterocycles. The third-order valence-corrected chi connectivity index (χ3v) is 13.5. The first kappa shape index (κ1) is 24.3. The van der Waals surface area contributed by atoms with Gasteiger partial charge in [-0.05, 0) is 109 Å². The zero-order chi connectivity index (χ0) is 27.2. The van der Waals surface area contributed by atoms with Crippen molar-refractivity contribution in [1.82, 2.24) is 0 Å². The maximum Gasteiger partial charge on any atom is 0.0455 e. The molecule has 0 aliphatic heterocycles. The van der Waals surface area contributed by atoms with Gasteiger partial charge >= 0.3 is 0 Å². The van der Waals surface area contributed by atoms with Crippen molar-refractivity contribution in [2.24, 2.45) is 0 Å². The summed E-state index contributed by atoms with van der Waals surface area (Å²) in [5, 5.41) is 8.12. The molecule has 0 spiro atoms. The molecule has 196 valence electrons. The highest BCUT2D eigenvalue weighted by atomic mass is 32.1.